The van der Waals surface area contributed by atoms with E-state index in [1.54, 1.807) is 7.11 Å². The summed E-state index contributed by atoms with van der Waals surface area (Å²) in [7, 11) is 3.90. The van der Waals surface area contributed by atoms with Crippen LogP contribution in [0, 0.1) is 0 Å². The zero-order chi connectivity index (χ0) is 14.0. The van der Waals surface area contributed by atoms with Crippen molar-refractivity contribution in [3.8, 4) is 5.75 Å². The Labute approximate surface area is 116 Å². The van der Waals surface area contributed by atoms with Crippen LogP contribution in [0.2, 0.25) is 0 Å². The predicted molar refractivity (Wildman–Crippen MR) is 79.8 cm³/mol. The lowest BCUT2D eigenvalue weighted by Crippen LogP contribution is -2.55. The van der Waals surface area contributed by atoms with Gasteiger partial charge in [0.2, 0.25) is 0 Å². The number of benzene rings is 1. The van der Waals surface area contributed by atoms with E-state index in [4.69, 9.17) is 10.5 Å². The molecule has 1 aliphatic heterocycles. The van der Waals surface area contributed by atoms with Crippen LogP contribution in [0.25, 0.3) is 0 Å². The van der Waals surface area contributed by atoms with Crippen LogP contribution in [-0.4, -0.2) is 44.2 Å². The van der Waals surface area contributed by atoms with Crippen molar-refractivity contribution in [1.29, 1.82) is 0 Å². The maximum atomic E-state index is 5.87. The molecule has 4 heteroatoms. The lowest BCUT2D eigenvalue weighted by molar-refractivity contribution is 0.170. The Kier molecular flexibility index (Phi) is 4.32. The van der Waals surface area contributed by atoms with Crippen molar-refractivity contribution in [2.45, 2.75) is 32.5 Å². The smallest absolute Gasteiger partial charge is 0.120 e. The average molecular weight is 263 g/mol. The Hall–Kier alpha value is -1.26. The summed E-state index contributed by atoms with van der Waals surface area (Å²) in [5, 5.41) is 0. The lowest BCUT2D eigenvalue weighted by atomic mass is 10.1. The minimum atomic E-state index is 0.542. The Balaban J connectivity index is 2.30. The summed E-state index contributed by atoms with van der Waals surface area (Å²) < 4.78 is 5.34. The van der Waals surface area contributed by atoms with E-state index in [1.807, 2.05) is 6.07 Å². The molecular weight excluding hydrogens is 238 g/mol. The van der Waals surface area contributed by atoms with Gasteiger partial charge >= 0.3 is 0 Å². The highest BCUT2D eigenvalue weighted by Gasteiger charge is 2.27. The molecule has 1 aromatic rings. The Morgan fingerprint density at radius 3 is 2.42 bits per heavy atom. The molecule has 0 radical (unpaired) electrons. The van der Waals surface area contributed by atoms with Crippen LogP contribution in [0.15, 0.2) is 18.2 Å². The molecule has 0 aromatic heterocycles. The fourth-order valence-electron chi connectivity index (χ4n) is 2.74. The molecular formula is C15H25N3O. The third kappa shape index (κ3) is 2.85. The minimum Gasteiger partial charge on any atom is -0.497 e. The molecule has 1 aromatic carbocycles. The van der Waals surface area contributed by atoms with E-state index in [0.717, 1.165) is 18.8 Å². The van der Waals surface area contributed by atoms with Gasteiger partial charge in [-0.2, -0.15) is 0 Å². The fraction of sp³-hybridized carbons (Fsp3) is 0.600. The van der Waals surface area contributed by atoms with Gasteiger partial charge in [0.1, 0.15) is 5.75 Å². The highest BCUT2D eigenvalue weighted by atomic mass is 16.5. The molecule has 1 aliphatic rings. The van der Waals surface area contributed by atoms with Crippen LogP contribution in [0.5, 0.6) is 5.75 Å². The van der Waals surface area contributed by atoms with Gasteiger partial charge in [0.05, 0.1) is 7.11 Å². The second-order valence-corrected chi connectivity index (χ2v) is 5.47. The molecule has 1 heterocycles. The molecule has 2 N–H and O–H groups in total. The van der Waals surface area contributed by atoms with Gasteiger partial charge in [-0.15, -0.1) is 0 Å². The van der Waals surface area contributed by atoms with E-state index in [0.29, 0.717) is 18.6 Å². The molecule has 2 rings (SSSR count). The maximum Gasteiger partial charge on any atom is 0.120 e. The standard InChI is InChI=1S/C15H25N3O/c1-11-9-18(10-12(2)17(11)3)15-7-14(19-4)6-5-13(15)8-16/h5-7,11-12H,8-10,16H2,1-4H3. The van der Waals surface area contributed by atoms with Crippen LogP contribution in [0.3, 0.4) is 0 Å². The number of hydrogen-bond acceptors (Lipinski definition) is 4. The summed E-state index contributed by atoms with van der Waals surface area (Å²) in [6.07, 6.45) is 0. The molecule has 19 heavy (non-hydrogen) atoms. The van der Waals surface area contributed by atoms with Gasteiger partial charge in [-0.05, 0) is 32.5 Å². The summed E-state index contributed by atoms with van der Waals surface area (Å²) in [6, 6.07) is 7.24. The van der Waals surface area contributed by atoms with Crippen LogP contribution in [0.1, 0.15) is 19.4 Å². The van der Waals surface area contributed by atoms with Crippen LogP contribution >= 0.6 is 0 Å². The predicted octanol–water partition coefficient (Wildman–Crippen LogP) is 1.68. The van der Waals surface area contributed by atoms with Crippen LogP contribution in [0.4, 0.5) is 5.69 Å². The van der Waals surface area contributed by atoms with E-state index in [1.165, 1.54) is 11.3 Å². The summed E-state index contributed by atoms with van der Waals surface area (Å²) in [5.74, 6) is 0.895. The number of likely N-dealkylation sites (N-methyl/N-ethyl adjacent to an activating group) is 1. The van der Waals surface area contributed by atoms with Crippen LogP contribution < -0.4 is 15.4 Å². The first-order valence-corrected chi connectivity index (χ1v) is 6.90. The Morgan fingerprint density at radius 2 is 1.89 bits per heavy atom. The van der Waals surface area contributed by atoms with Gasteiger partial charge in [-0.3, -0.25) is 4.90 Å². The van der Waals surface area contributed by atoms with Crippen molar-refractivity contribution in [2.24, 2.45) is 5.73 Å². The molecule has 1 fully saturated rings. The summed E-state index contributed by atoms with van der Waals surface area (Å²) in [5.41, 5.74) is 8.27. The molecule has 2 atom stereocenters. The highest BCUT2D eigenvalue weighted by Crippen LogP contribution is 2.29. The lowest BCUT2D eigenvalue weighted by Gasteiger charge is -2.44. The number of anilines is 1. The Morgan fingerprint density at radius 1 is 1.26 bits per heavy atom. The van der Waals surface area contributed by atoms with Gasteiger partial charge < -0.3 is 15.4 Å². The molecule has 0 aliphatic carbocycles. The molecule has 4 nitrogen and oxygen atoms in total. The normalized spacial score (nSPS) is 24.6. The van der Waals surface area contributed by atoms with Gasteiger partial charge in [0.15, 0.2) is 0 Å². The van der Waals surface area contributed by atoms with E-state index < -0.39 is 0 Å². The highest BCUT2D eigenvalue weighted by molar-refractivity contribution is 5.58. The monoisotopic (exact) mass is 263 g/mol. The van der Waals surface area contributed by atoms with E-state index >= 15 is 0 Å². The van der Waals surface area contributed by atoms with Crippen molar-refractivity contribution < 1.29 is 4.74 Å². The Bertz CT molecular complexity index is 423. The number of ether oxygens (including phenoxy) is 1. The first kappa shape index (κ1) is 14.2. The average Bonchev–Trinajstić information content (AvgIpc) is 2.43. The van der Waals surface area contributed by atoms with Crippen molar-refractivity contribution in [2.75, 3.05) is 32.1 Å². The van der Waals surface area contributed by atoms with Crippen LogP contribution in [-0.2, 0) is 6.54 Å². The largest absolute Gasteiger partial charge is 0.497 e. The van der Waals surface area contributed by atoms with E-state index in [9.17, 15) is 0 Å². The van der Waals surface area contributed by atoms with Gasteiger partial charge in [0, 0.05) is 43.5 Å². The molecule has 0 spiro atoms. The second kappa shape index (κ2) is 5.80. The number of piperazine rings is 1. The zero-order valence-corrected chi connectivity index (χ0v) is 12.4. The summed E-state index contributed by atoms with van der Waals surface area (Å²) in [6.45, 7) is 7.16. The third-order valence-corrected chi connectivity index (χ3v) is 4.21. The SMILES string of the molecule is COc1ccc(CN)c(N2CC(C)N(C)C(C)C2)c1. The summed E-state index contributed by atoms with van der Waals surface area (Å²) >= 11 is 0. The maximum absolute atomic E-state index is 5.87. The van der Waals surface area contributed by atoms with Crippen molar-refractivity contribution >= 4 is 5.69 Å². The number of hydrogen-bond donors (Lipinski definition) is 1. The molecule has 0 bridgehead atoms. The molecule has 2 unspecified atom stereocenters. The number of rotatable bonds is 3. The minimum absolute atomic E-state index is 0.542. The van der Waals surface area contributed by atoms with Gasteiger partial charge in [-0.25, -0.2) is 0 Å². The first-order chi connectivity index (χ1) is 9.06. The van der Waals surface area contributed by atoms with Gasteiger partial charge in [0.25, 0.3) is 0 Å². The molecule has 106 valence electrons. The third-order valence-electron chi connectivity index (χ3n) is 4.21. The summed E-state index contributed by atoms with van der Waals surface area (Å²) in [4.78, 5) is 4.86. The topological polar surface area (TPSA) is 41.7 Å². The van der Waals surface area contributed by atoms with E-state index in [-0.39, 0.29) is 0 Å². The molecule has 0 amide bonds. The van der Waals surface area contributed by atoms with Crippen molar-refractivity contribution in [3.63, 3.8) is 0 Å². The number of methoxy groups -OCH3 is 1. The molecule has 0 saturated carbocycles. The van der Waals surface area contributed by atoms with Crippen molar-refractivity contribution in [3.05, 3.63) is 23.8 Å². The number of nitrogens with two attached hydrogens (primary N) is 1. The van der Waals surface area contributed by atoms with E-state index in [2.05, 4.69) is 42.8 Å². The van der Waals surface area contributed by atoms with Crippen molar-refractivity contribution in [1.82, 2.24) is 4.90 Å². The zero-order valence-electron chi connectivity index (χ0n) is 12.4. The fourth-order valence-corrected chi connectivity index (χ4v) is 2.74. The number of nitrogens with zero attached hydrogens (tertiary/aromatic N) is 2. The quantitative estimate of drug-likeness (QED) is 0.901. The first-order valence-electron chi connectivity index (χ1n) is 6.90. The molecule has 1 saturated heterocycles. The van der Waals surface area contributed by atoms with Gasteiger partial charge in [-0.1, -0.05) is 6.07 Å². The second-order valence-electron chi connectivity index (χ2n) is 5.47.